The van der Waals surface area contributed by atoms with Crippen molar-refractivity contribution >= 4 is 17.9 Å². The van der Waals surface area contributed by atoms with Crippen LogP contribution in [0.5, 0.6) is 5.75 Å². The Bertz CT molecular complexity index is 654. The number of aldehydes is 1. The van der Waals surface area contributed by atoms with E-state index in [9.17, 15) is 4.79 Å². The maximum absolute atomic E-state index is 11.1. The fourth-order valence-corrected chi connectivity index (χ4v) is 2.70. The van der Waals surface area contributed by atoms with Crippen LogP contribution in [0.3, 0.4) is 0 Å². The van der Waals surface area contributed by atoms with Gasteiger partial charge in [0.1, 0.15) is 18.5 Å². The highest BCUT2D eigenvalue weighted by molar-refractivity contribution is 6.30. The molecule has 2 aromatic rings. The molecule has 0 aromatic heterocycles. The van der Waals surface area contributed by atoms with Crippen molar-refractivity contribution < 1.29 is 14.3 Å². The first-order valence-electron chi connectivity index (χ1n) is 6.85. The predicted molar refractivity (Wildman–Crippen MR) is 81.2 cm³/mol. The molecule has 0 N–H and O–H groups in total. The van der Waals surface area contributed by atoms with Crippen LogP contribution in [-0.2, 0) is 11.2 Å². The molecule has 3 rings (SSSR count). The van der Waals surface area contributed by atoms with Gasteiger partial charge in [-0.2, -0.15) is 0 Å². The molecule has 108 valence electrons. The molecule has 0 saturated heterocycles. The van der Waals surface area contributed by atoms with Gasteiger partial charge in [-0.3, -0.25) is 4.79 Å². The fraction of sp³-hybridized carbons (Fsp3) is 0.235. The van der Waals surface area contributed by atoms with Gasteiger partial charge in [-0.15, -0.1) is 0 Å². The van der Waals surface area contributed by atoms with Gasteiger partial charge >= 0.3 is 0 Å². The van der Waals surface area contributed by atoms with E-state index in [1.165, 1.54) is 5.56 Å². The van der Waals surface area contributed by atoms with Gasteiger partial charge in [-0.1, -0.05) is 35.9 Å². The number of ether oxygens (including phenoxy) is 2. The van der Waals surface area contributed by atoms with Crippen LogP contribution in [0.15, 0.2) is 42.5 Å². The largest absolute Gasteiger partial charge is 0.490 e. The highest BCUT2D eigenvalue weighted by Gasteiger charge is 2.21. The number of hydrogen-bond donors (Lipinski definition) is 0. The van der Waals surface area contributed by atoms with Crippen molar-refractivity contribution in [1.29, 1.82) is 0 Å². The first-order valence-corrected chi connectivity index (χ1v) is 7.22. The Morgan fingerprint density at radius 2 is 2.14 bits per heavy atom. The van der Waals surface area contributed by atoms with Crippen LogP contribution in [0.4, 0.5) is 0 Å². The zero-order valence-electron chi connectivity index (χ0n) is 11.4. The molecule has 0 aliphatic carbocycles. The molecule has 1 aliphatic heterocycles. The third-order valence-electron chi connectivity index (χ3n) is 3.58. The normalized spacial score (nSPS) is 17.1. The molecular formula is C17H15ClO3. The van der Waals surface area contributed by atoms with Crippen molar-refractivity contribution in [3.63, 3.8) is 0 Å². The quantitative estimate of drug-likeness (QED) is 0.805. The summed E-state index contributed by atoms with van der Waals surface area (Å²) in [6.07, 6.45) is 1.56. The summed E-state index contributed by atoms with van der Waals surface area (Å²) < 4.78 is 11.5. The lowest BCUT2D eigenvalue weighted by molar-refractivity contribution is 0.0101. The number of carbonyl (C=O) groups is 1. The van der Waals surface area contributed by atoms with Crippen LogP contribution in [0.25, 0.3) is 0 Å². The Hall–Kier alpha value is -1.84. The zero-order valence-corrected chi connectivity index (χ0v) is 12.2. The molecular weight excluding hydrogens is 288 g/mol. The second kappa shape index (κ2) is 6.29. The van der Waals surface area contributed by atoms with Crippen molar-refractivity contribution in [2.45, 2.75) is 12.5 Å². The summed E-state index contributed by atoms with van der Waals surface area (Å²) in [5.41, 5.74) is 2.90. The Kier molecular flexibility index (Phi) is 4.23. The molecule has 0 amide bonds. The highest BCUT2D eigenvalue weighted by atomic mass is 35.5. The highest BCUT2D eigenvalue weighted by Crippen LogP contribution is 2.29. The molecule has 0 bridgehead atoms. The minimum atomic E-state index is -0.106. The number of fused-ring (bicyclic) bond motifs is 1. The Labute approximate surface area is 128 Å². The standard InChI is InChI=1S/C17H15ClO3/c18-14-5-6-16(13(9-14)10-19)21-11-17-15-4-2-1-3-12(15)7-8-20-17/h1-6,9-10,17H,7-8,11H2. The molecule has 1 heterocycles. The van der Waals surface area contributed by atoms with Crippen LogP contribution >= 0.6 is 11.6 Å². The van der Waals surface area contributed by atoms with Gasteiger partial charge in [0.25, 0.3) is 0 Å². The molecule has 0 spiro atoms. The van der Waals surface area contributed by atoms with Gasteiger partial charge in [0, 0.05) is 5.02 Å². The van der Waals surface area contributed by atoms with E-state index < -0.39 is 0 Å². The third-order valence-corrected chi connectivity index (χ3v) is 3.82. The average Bonchev–Trinajstić information content (AvgIpc) is 2.53. The lowest BCUT2D eigenvalue weighted by Crippen LogP contribution is -2.21. The van der Waals surface area contributed by atoms with Crippen LogP contribution < -0.4 is 4.74 Å². The van der Waals surface area contributed by atoms with E-state index in [1.807, 2.05) is 12.1 Å². The molecule has 1 atom stereocenters. The maximum atomic E-state index is 11.1. The predicted octanol–water partition coefficient (Wildman–Crippen LogP) is 3.85. The summed E-state index contributed by atoms with van der Waals surface area (Å²) in [5, 5.41) is 0.517. The van der Waals surface area contributed by atoms with Gasteiger partial charge in [0.05, 0.1) is 12.2 Å². The number of benzene rings is 2. The summed E-state index contributed by atoms with van der Waals surface area (Å²) in [6, 6.07) is 13.2. The molecule has 2 aromatic carbocycles. The third kappa shape index (κ3) is 3.09. The van der Waals surface area contributed by atoms with Crippen molar-refractivity contribution in [3.8, 4) is 5.75 Å². The average molecular weight is 303 g/mol. The summed E-state index contributed by atoms with van der Waals surface area (Å²) in [4.78, 5) is 11.1. The van der Waals surface area contributed by atoms with E-state index in [-0.39, 0.29) is 6.10 Å². The van der Waals surface area contributed by atoms with E-state index in [4.69, 9.17) is 21.1 Å². The Morgan fingerprint density at radius 3 is 3.00 bits per heavy atom. The fourth-order valence-electron chi connectivity index (χ4n) is 2.52. The molecule has 3 nitrogen and oxygen atoms in total. The van der Waals surface area contributed by atoms with Gasteiger partial charge < -0.3 is 9.47 Å². The van der Waals surface area contributed by atoms with Crippen molar-refractivity contribution in [2.24, 2.45) is 0 Å². The van der Waals surface area contributed by atoms with E-state index >= 15 is 0 Å². The maximum Gasteiger partial charge on any atom is 0.153 e. The minimum Gasteiger partial charge on any atom is -0.490 e. The monoisotopic (exact) mass is 302 g/mol. The van der Waals surface area contributed by atoms with E-state index in [0.29, 0.717) is 29.5 Å². The van der Waals surface area contributed by atoms with Crippen LogP contribution in [0.1, 0.15) is 27.6 Å². The van der Waals surface area contributed by atoms with Gasteiger partial charge in [0.15, 0.2) is 6.29 Å². The van der Waals surface area contributed by atoms with Crippen molar-refractivity contribution in [2.75, 3.05) is 13.2 Å². The first-order chi connectivity index (χ1) is 10.3. The van der Waals surface area contributed by atoms with E-state index in [1.54, 1.807) is 18.2 Å². The summed E-state index contributed by atoms with van der Waals surface area (Å²) in [6.45, 7) is 1.06. The Balaban J connectivity index is 1.76. The molecule has 1 aliphatic rings. The number of hydrogen-bond acceptors (Lipinski definition) is 3. The number of carbonyl (C=O) groups excluding carboxylic acids is 1. The number of rotatable bonds is 4. The van der Waals surface area contributed by atoms with Gasteiger partial charge in [0.2, 0.25) is 0 Å². The second-order valence-electron chi connectivity index (χ2n) is 4.92. The van der Waals surface area contributed by atoms with Gasteiger partial charge in [-0.25, -0.2) is 0 Å². The lowest BCUT2D eigenvalue weighted by atomic mass is 9.98. The topological polar surface area (TPSA) is 35.5 Å². The minimum absolute atomic E-state index is 0.106. The number of halogens is 1. The van der Waals surface area contributed by atoms with Crippen LogP contribution in [0.2, 0.25) is 5.02 Å². The van der Waals surface area contributed by atoms with Crippen molar-refractivity contribution in [3.05, 3.63) is 64.2 Å². The van der Waals surface area contributed by atoms with Crippen LogP contribution in [-0.4, -0.2) is 19.5 Å². The molecule has 0 saturated carbocycles. The molecule has 4 heteroatoms. The van der Waals surface area contributed by atoms with Crippen molar-refractivity contribution in [1.82, 2.24) is 0 Å². The summed E-state index contributed by atoms with van der Waals surface area (Å²) in [5.74, 6) is 0.529. The van der Waals surface area contributed by atoms with E-state index in [2.05, 4.69) is 12.1 Å². The van der Waals surface area contributed by atoms with Gasteiger partial charge in [-0.05, 0) is 35.7 Å². The lowest BCUT2D eigenvalue weighted by Gasteiger charge is -2.26. The molecule has 0 fully saturated rings. The summed E-state index contributed by atoms with van der Waals surface area (Å²) >= 11 is 5.87. The first kappa shape index (κ1) is 14.1. The summed E-state index contributed by atoms with van der Waals surface area (Å²) in [7, 11) is 0. The smallest absolute Gasteiger partial charge is 0.153 e. The zero-order chi connectivity index (χ0) is 14.7. The van der Waals surface area contributed by atoms with Crippen LogP contribution in [0, 0.1) is 0 Å². The molecule has 0 radical (unpaired) electrons. The van der Waals surface area contributed by atoms with E-state index in [0.717, 1.165) is 18.3 Å². The second-order valence-corrected chi connectivity index (χ2v) is 5.36. The molecule has 1 unspecified atom stereocenters. The molecule has 21 heavy (non-hydrogen) atoms. The Morgan fingerprint density at radius 1 is 1.29 bits per heavy atom. The SMILES string of the molecule is O=Cc1cc(Cl)ccc1OCC1OCCc2ccccc21.